The van der Waals surface area contributed by atoms with Gasteiger partial charge in [-0.1, -0.05) is 5.16 Å². The first-order valence-electron chi connectivity index (χ1n) is 9.45. The fourth-order valence-electron chi connectivity index (χ4n) is 3.32. The van der Waals surface area contributed by atoms with Gasteiger partial charge < -0.3 is 14.2 Å². The second-order valence-corrected chi connectivity index (χ2v) is 7.01. The van der Waals surface area contributed by atoms with E-state index in [9.17, 15) is 13.2 Å². The van der Waals surface area contributed by atoms with Gasteiger partial charge in [-0.2, -0.15) is 32.8 Å². The number of nitrogens with zero attached hydrogens (tertiary/aromatic N) is 8. The number of ether oxygens (including phenoxy) is 1. The van der Waals surface area contributed by atoms with Crippen LogP contribution in [0, 0.1) is 0 Å². The van der Waals surface area contributed by atoms with Crippen LogP contribution in [-0.4, -0.2) is 67.9 Å². The Labute approximate surface area is 169 Å². The highest BCUT2D eigenvalue weighted by Crippen LogP contribution is 2.31. The Morgan fingerprint density at radius 1 is 1.20 bits per heavy atom. The molecule has 1 aliphatic heterocycles. The Morgan fingerprint density at radius 3 is 2.80 bits per heavy atom. The minimum atomic E-state index is -4.56. The number of aromatic nitrogens is 6. The van der Waals surface area contributed by atoms with Gasteiger partial charge in [0.2, 0.25) is 5.89 Å². The van der Waals surface area contributed by atoms with Crippen molar-refractivity contribution in [1.82, 2.24) is 34.6 Å². The smallest absolute Gasteiger partial charge is 0.374 e. The molecule has 30 heavy (non-hydrogen) atoms. The van der Waals surface area contributed by atoms with E-state index < -0.39 is 11.9 Å². The van der Waals surface area contributed by atoms with E-state index in [1.54, 1.807) is 7.11 Å². The molecular formula is C17H21F3N8O2. The van der Waals surface area contributed by atoms with Crippen molar-refractivity contribution in [2.24, 2.45) is 0 Å². The molecule has 4 rings (SSSR count). The normalized spacial score (nSPS) is 17.4. The zero-order valence-corrected chi connectivity index (χ0v) is 16.5. The number of fused-ring (bicyclic) bond motifs is 1. The zero-order valence-electron chi connectivity index (χ0n) is 16.5. The summed E-state index contributed by atoms with van der Waals surface area (Å²) >= 11 is 0. The number of halogens is 3. The second kappa shape index (κ2) is 8.14. The standard InChI is InChI=1S/C17H21F3N8O2/c1-11(29-2)15-24-13(30-25-15)9-26-4-3-5-27(7-6-26)14-8-12(17(18,19)20)23-16-21-10-22-28(14)16/h8,10-11H,3-7,9H2,1-2H3. The monoisotopic (exact) mass is 426 g/mol. The van der Waals surface area contributed by atoms with Crippen molar-refractivity contribution in [3.05, 3.63) is 29.8 Å². The van der Waals surface area contributed by atoms with Crippen LogP contribution < -0.4 is 4.90 Å². The van der Waals surface area contributed by atoms with Crippen molar-refractivity contribution in [2.75, 3.05) is 38.2 Å². The van der Waals surface area contributed by atoms with Crippen LogP contribution in [0.25, 0.3) is 5.78 Å². The van der Waals surface area contributed by atoms with Gasteiger partial charge in [0, 0.05) is 39.4 Å². The summed E-state index contributed by atoms with van der Waals surface area (Å²) in [6.07, 6.45) is -2.88. The average molecular weight is 426 g/mol. The van der Waals surface area contributed by atoms with E-state index in [-0.39, 0.29) is 11.9 Å². The molecule has 1 aliphatic rings. The fraction of sp³-hybridized carbons (Fsp3) is 0.588. The van der Waals surface area contributed by atoms with Gasteiger partial charge in [-0.3, -0.25) is 4.90 Å². The molecule has 13 heteroatoms. The van der Waals surface area contributed by atoms with E-state index >= 15 is 0 Å². The van der Waals surface area contributed by atoms with Gasteiger partial charge in [-0.05, 0) is 13.3 Å². The highest BCUT2D eigenvalue weighted by atomic mass is 19.4. The van der Waals surface area contributed by atoms with Crippen LogP contribution in [0.2, 0.25) is 0 Å². The van der Waals surface area contributed by atoms with Crippen LogP contribution in [0.15, 0.2) is 16.9 Å². The third-order valence-electron chi connectivity index (χ3n) is 5.00. The maximum Gasteiger partial charge on any atom is 0.433 e. The van der Waals surface area contributed by atoms with E-state index in [1.165, 1.54) is 10.8 Å². The van der Waals surface area contributed by atoms with Crippen LogP contribution in [0.5, 0.6) is 0 Å². The van der Waals surface area contributed by atoms with Gasteiger partial charge in [0.05, 0.1) is 6.54 Å². The second-order valence-electron chi connectivity index (χ2n) is 7.01. The van der Waals surface area contributed by atoms with Gasteiger partial charge in [-0.15, -0.1) is 0 Å². The highest BCUT2D eigenvalue weighted by molar-refractivity contribution is 5.48. The molecule has 0 aromatic carbocycles. The molecule has 162 valence electrons. The molecule has 0 radical (unpaired) electrons. The quantitative estimate of drug-likeness (QED) is 0.606. The van der Waals surface area contributed by atoms with Gasteiger partial charge in [0.1, 0.15) is 18.2 Å². The van der Waals surface area contributed by atoms with Gasteiger partial charge in [-0.25, -0.2) is 4.98 Å². The largest absolute Gasteiger partial charge is 0.433 e. The van der Waals surface area contributed by atoms with Crippen LogP contribution in [0.1, 0.15) is 36.9 Å². The summed E-state index contributed by atoms with van der Waals surface area (Å²) in [4.78, 5) is 15.7. The van der Waals surface area contributed by atoms with E-state index in [2.05, 4.69) is 30.1 Å². The molecule has 3 aromatic heterocycles. The lowest BCUT2D eigenvalue weighted by Crippen LogP contribution is -2.32. The molecule has 0 amide bonds. The lowest BCUT2D eigenvalue weighted by molar-refractivity contribution is -0.141. The maximum absolute atomic E-state index is 13.3. The Bertz CT molecular complexity index is 1000. The molecule has 1 saturated heterocycles. The van der Waals surface area contributed by atoms with Crippen LogP contribution in [0.3, 0.4) is 0 Å². The summed E-state index contributed by atoms with van der Waals surface area (Å²) in [5.41, 5.74) is -0.982. The molecule has 1 fully saturated rings. The molecule has 10 nitrogen and oxygen atoms in total. The molecule has 0 saturated carbocycles. The fourth-order valence-corrected chi connectivity index (χ4v) is 3.32. The first-order valence-corrected chi connectivity index (χ1v) is 9.45. The summed E-state index contributed by atoms with van der Waals surface area (Å²) in [6.45, 7) is 4.71. The number of hydrogen-bond donors (Lipinski definition) is 0. The van der Waals surface area contributed by atoms with Crippen molar-refractivity contribution >= 4 is 11.6 Å². The molecule has 0 bridgehead atoms. The van der Waals surface area contributed by atoms with Crippen molar-refractivity contribution in [2.45, 2.75) is 32.2 Å². The van der Waals surface area contributed by atoms with E-state index in [4.69, 9.17) is 9.26 Å². The Hall–Kier alpha value is -2.80. The summed E-state index contributed by atoms with van der Waals surface area (Å²) < 4.78 is 51.6. The SMILES string of the molecule is COC(C)c1noc(CN2CCCN(c3cc(C(F)(F)F)nc4ncnn34)CC2)n1. The Balaban J connectivity index is 1.49. The van der Waals surface area contributed by atoms with Crippen molar-refractivity contribution in [3.63, 3.8) is 0 Å². The number of methoxy groups -OCH3 is 1. The van der Waals surface area contributed by atoms with E-state index in [0.717, 1.165) is 19.0 Å². The summed E-state index contributed by atoms with van der Waals surface area (Å²) in [6, 6.07) is 1.02. The van der Waals surface area contributed by atoms with E-state index in [0.29, 0.717) is 43.7 Å². The summed E-state index contributed by atoms with van der Waals surface area (Å²) in [5.74, 6) is 1.20. The minimum Gasteiger partial charge on any atom is -0.374 e. The van der Waals surface area contributed by atoms with Crippen molar-refractivity contribution in [3.8, 4) is 0 Å². The number of alkyl halides is 3. The number of rotatable bonds is 5. The lowest BCUT2D eigenvalue weighted by atomic mass is 10.3. The summed E-state index contributed by atoms with van der Waals surface area (Å²) in [5, 5.41) is 7.96. The molecule has 0 N–H and O–H groups in total. The first kappa shape index (κ1) is 20.5. The molecule has 0 aliphatic carbocycles. The zero-order chi connectivity index (χ0) is 21.3. The molecule has 1 unspecified atom stereocenters. The average Bonchev–Trinajstić information content (AvgIpc) is 3.31. The van der Waals surface area contributed by atoms with Crippen LogP contribution in [0.4, 0.5) is 19.0 Å². The lowest BCUT2D eigenvalue weighted by Gasteiger charge is -2.24. The molecular weight excluding hydrogens is 405 g/mol. The third kappa shape index (κ3) is 4.21. The topological polar surface area (TPSA) is 97.7 Å². The first-order chi connectivity index (χ1) is 14.3. The summed E-state index contributed by atoms with van der Waals surface area (Å²) in [7, 11) is 1.57. The number of anilines is 1. The molecule has 4 heterocycles. The van der Waals surface area contributed by atoms with Gasteiger partial charge >= 0.3 is 6.18 Å². The molecule has 3 aromatic rings. The Morgan fingerprint density at radius 2 is 2.03 bits per heavy atom. The van der Waals surface area contributed by atoms with Crippen molar-refractivity contribution in [1.29, 1.82) is 0 Å². The minimum absolute atomic E-state index is 0.0772. The maximum atomic E-state index is 13.3. The predicted octanol–water partition coefficient (Wildman–Crippen LogP) is 1.95. The third-order valence-corrected chi connectivity index (χ3v) is 5.00. The van der Waals surface area contributed by atoms with Gasteiger partial charge in [0.15, 0.2) is 11.5 Å². The van der Waals surface area contributed by atoms with Crippen molar-refractivity contribution < 1.29 is 22.4 Å². The molecule has 1 atom stereocenters. The Kier molecular flexibility index (Phi) is 5.56. The van der Waals surface area contributed by atoms with E-state index in [1.807, 2.05) is 11.8 Å². The molecule has 0 spiro atoms. The van der Waals surface area contributed by atoms with Crippen LogP contribution >= 0.6 is 0 Å². The van der Waals surface area contributed by atoms with Gasteiger partial charge in [0.25, 0.3) is 5.78 Å². The predicted molar refractivity (Wildman–Crippen MR) is 97.6 cm³/mol. The number of hydrogen-bond acceptors (Lipinski definition) is 9. The van der Waals surface area contributed by atoms with Crippen LogP contribution in [-0.2, 0) is 17.5 Å². The highest BCUT2D eigenvalue weighted by Gasteiger charge is 2.35.